The normalized spacial score (nSPS) is 20.1. The molecule has 1 aromatic rings. The van der Waals surface area contributed by atoms with Crippen molar-refractivity contribution in [1.29, 1.82) is 0 Å². The first-order valence-electron chi connectivity index (χ1n) is 6.68. The number of amidine groups is 1. The molecule has 0 aliphatic carbocycles. The number of rotatable bonds is 4. The van der Waals surface area contributed by atoms with Crippen molar-refractivity contribution in [3.05, 3.63) is 35.4 Å². The van der Waals surface area contributed by atoms with Crippen molar-refractivity contribution in [3.63, 3.8) is 0 Å². The first-order chi connectivity index (χ1) is 9.61. The van der Waals surface area contributed by atoms with Gasteiger partial charge in [-0.05, 0) is 38.6 Å². The molecule has 6 nitrogen and oxygen atoms in total. The molecule has 1 heterocycles. The van der Waals surface area contributed by atoms with Crippen LogP contribution in [0, 0.1) is 0 Å². The van der Waals surface area contributed by atoms with Crippen molar-refractivity contribution in [2.75, 3.05) is 20.1 Å². The predicted octanol–water partition coefficient (Wildman–Crippen LogP) is 0.605. The summed E-state index contributed by atoms with van der Waals surface area (Å²) in [7, 11) is 2.07. The Bertz CT molecular complexity index is 516. The molecule has 0 aromatic heterocycles. The van der Waals surface area contributed by atoms with Gasteiger partial charge in [-0.2, -0.15) is 0 Å². The van der Waals surface area contributed by atoms with Gasteiger partial charge >= 0.3 is 0 Å². The molecule has 1 aliphatic heterocycles. The number of likely N-dealkylation sites (tertiary alicyclic amines) is 1. The number of hydrogen-bond donors (Lipinski definition) is 3. The lowest BCUT2D eigenvalue weighted by Crippen LogP contribution is -2.38. The van der Waals surface area contributed by atoms with Crippen LogP contribution in [0.2, 0.25) is 0 Å². The maximum Gasteiger partial charge on any atom is 0.251 e. The van der Waals surface area contributed by atoms with Crippen molar-refractivity contribution in [3.8, 4) is 0 Å². The highest BCUT2D eigenvalue weighted by Crippen LogP contribution is 2.13. The van der Waals surface area contributed by atoms with E-state index in [0.717, 1.165) is 13.0 Å². The van der Waals surface area contributed by atoms with Gasteiger partial charge in [0.25, 0.3) is 5.91 Å². The van der Waals surface area contributed by atoms with E-state index in [4.69, 9.17) is 10.9 Å². The molecule has 1 aliphatic rings. The summed E-state index contributed by atoms with van der Waals surface area (Å²) in [6.07, 6.45) is 2.29. The van der Waals surface area contributed by atoms with Crippen molar-refractivity contribution in [2.24, 2.45) is 10.9 Å². The van der Waals surface area contributed by atoms with E-state index in [0.29, 0.717) is 23.7 Å². The summed E-state index contributed by atoms with van der Waals surface area (Å²) < 4.78 is 0. The zero-order chi connectivity index (χ0) is 14.5. The molecule has 0 spiro atoms. The molecule has 0 saturated carbocycles. The molecule has 2 rings (SSSR count). The topological polar surface area (TPSA) is 91.0 Å². The fourth-order valence-electron chi connectivity index (χ4n) is 2.43. The van der Waals surface area contributed by atoms with Gasteiger partial charge in [0.05, 0.1) is 0 Å². The third-order valence-corrected chi connectivity index (χ3v) is 3.70. The Morgan fingerprint density at radius 3 is 2.95 bits per heavy atom. The number of amides is 1. The van der Waals surface area contributed by atoms with Gasteiger partial charge in [0, 0.05) is 23.7 Å². The lowest BCUT2D eigenvalue weighted by atomic mass is 10.1. The van der Waals surface area contributed by atoms with Gasteiger partial charge in [-0.3, -0.25) is 4.79 Å². The van der Waals surface area contributed by atoms with Gasteiger partial charge in [0.15, 0.2) is 5.84 Å². The first kappa shape index (κ1) is 14.3. The molecule has 1 atom stereocenters. The molecule has 0 radical (unpaired) electrons. The molecule has 0 bridgehead atoms. The van der Waals surface area contributed by atoms with E-state index in [2.05, 4.69) is 22.4 Å². The monoisotopic (exact) mass is 276 g/mol. The molecule has 20 heavy (non-hydrogen) atoms. The molecular formula is C14H20N4O2. The van der Waals surface area contributed by atoms with Crippen LogP contribution in [0.4, 0.5) is 0 Å². The lowest BCUT2D eigenvalue weighted by molar-refractivity contribution is 0.0943. The third kappa shape index (κ3) is 3.27. The van der Waals surface area contributed by atoms with Gasteiger partial charge in [0.2, 0.25) is 0 Å². The fraction of sp³-hybridized carbons (Fsp3) is 0.429. The van der Waals surface area contributed by atoms with Crippen LogP contribution in [-0.2, 0) is 0 Å². The molecule has 1 fully saturated rings. The Labute approximate surface area is 118 Å². The highest BCUT2D eigenvalue weighted by Gasteiger charge is 2.21. The smallest absolute Gasteiger partial charge is 0.251 e. The SMILES string of the molecule is CN1CCCC1CNC(=O)c1cccc(/C(N)=N/O)c1. The average Bonchev–Trinajstić information content (AvgIpc) is 2.89. The van der Waals surface area contributed by atoms with Gasteiger partial charge in [-0.15, -0.1) is 0 Å². The summed E-state index contributed by atoms with van der Waals surface area (Å²) in [5.74, 6) is -0.145. The van der Waals surface area contributed by atoms with Gasteiger partial charge in [-0.1, -0.05) is 17.3 Å². The highest BCUT2D eigenvalue weighted by molar-refractivity contribution is 6.01. The van der Waals surface area contributed by atoms with Crippen LogP contribution in [0.3, 0.4) is 0 Å². The van der Waals surface area contributed by atoms with Crippen molar-refractivity contribution in [2.45, 2.75) is 18.9 Å². The number of hydrogen-bond acceptors (Lipinski definition) is 4. The summed E-state index contributed by atoms with van der Waals surface area (Å²) in [6.45, 7) is 1.72. The Kier molecular flexibility index (Phi) is 4.57. The second-order valence-electron chi connectivity index (χ2n) is 5.05. The van der Waals surface area contributed by atoms with Crippen molar-refractivity contribution >= 4 is 11.7 Å². The van der Waals surface area contributed by atoms with Crippen LogP contribution in [0.5, 0.6) is 0 Å². The van der Waals surface area contributed by atoms with E-state index in [1.54, 1.807) is 24.3 Å². The average molecular weight is 276 g/mol. The largest absolute Gasteiger partial charge is 0.409 e. The van der Waals surface area contributed by atoms with Crippen LogP contribution in [0.25, 0.3) is 0 Å². The third-order valence-electron chi connectivity index (χ3n) is 3.70. The quantitative estimate of drug-likeness (QED) is 0.325. The van der Waals surface area contributed by atoms with E-state index < -0.39 is 0 Å². The number of nitrogens with two attached hydrogens (primary N) is 1. The fourth-order valence-corrected chi connectivity index (χ4v) is 2.43. The Morgan fingerprint density at radius 2 is 2.30 bits per heavy atom. The summed E-state index contributed by atoms with van der Waals surface area (Å²) in [5.41, 5.74) is 6.55. The minimum absolute atomic E-state index is 0.00447. The number of carbonyl (C=O) groups is 1. The predicted molar refractivity (Wildman–Crippen MR) is 76.9 cm³/mol. The standard InChI is InChI=1S/C14H20N4O2/c1-18-7-3-6-12(18)9-16-14(19)11-5-2-4-10(8-11)13(15)17-20/h2,4-5,8,12,20H,3,6-7,9H2,1H3,(H2,15,17)(H,16,19). The number of nitrogens with one attached hydrogen (secondary N) is 1. The molecule has 1 aromatic carbocycles. The number of nitrogens with zero attached hydrogens (tertiary/aromatic N) is 2. The van der Waals surface area contributed by atoms with Gasteiger partial charge < -0.3 is 21.2 Å². The van der Waals surface area contributed by atoms with Crippen LogP contribution in [-0.4, -0.2) is 48.0 Å². The minimum atomic E-state index is -0.141. The van der Waals surface area contributed by atoms with E-state index in [-0.39, 0.29) is 11.7 Å². The molecule has 1 amide bonds. The Morgan fingerprint density at radius 1 is 1.55 bits per heavy atom. The van der Waals surface area contributed by atoms with E-state index in [1.807, 2.05) is 0 Å². The first-order valence-corrected chi connectivity index (χ1v) is 6.68. The van der Waals surface area contributed by atoms with Crippen molar-refractivity contribution < 1.29 is 10.0 Å². The van der Waals surface area contributed by atoms with Gasteiger partial charge in [-0.25, -0.2) is 0 Å². The number of carbonyl (C=O) groups excluding carboxylic acids is 1. The second-order valence-corrected chi connectivity index (χ2v) is 5.05. The van der Waals surface area contributed by atoms with Crippen LogP contribution < -0.4 is 11.1 Å². The number of benzene rings is 1. The van der Waals surface area contributed by atoms with Gasteiger partial charge in [0.1, 0.15) is 0 Å². The molecule has 4 N–H and O–H groups in total. The van der Waals surface area contributed by atoms with Crippen LogP contribution >= 0.6 is 0 Å². The molecule has 1 saturated heterocycles. The maximum atomic E-state index is 12.1. The zero-order valence-electron chi connectivity index (χ0n) is 11.5. The minimum Gasteiger partial charge on any atom is -0.409 e. The molecule has 108 valence electrons. The van der Waals surface area contributed by atoms with E-state index >= 15 is 0 Å². The summed E-state index contributed by atoms with van der Waals surface area (Å²) >= 11 is 0. The van der Waals surface area contributed by atoms with Crippen LogP contribution in [0.1, 0.15) is 28.8 Å². The second kappa shape index (κ2) is 6.38. The number of oxime groups is 1. The van der Waals surface area contributed by atoms with Crippen LogP contribution in [0.15, 0.2) is 29.4 Å². The Balaban J connectivity index is 1.98. The summed E-state index contributed by atoms with van der Waals surface area (Å²) in [6, 6.07) is 7.14. The molecular weight excluding hydrogens is 256 g/mol. The molecule has 1 unspecified atom stereocenters. The van der Waals surface area contributed by atoms with E-state index in [9.17, 15) is 4.79 Å². The Hall–Kier alpha value is -2.08. The highest BCUT2D eigenvalue weighted by atomic mass is 16.4. The number of likely N-dealkylation sites (N-methyl/N-ethyl adjacent to an activating group) is 1. The lowest BCUT2D eigenvalue weighted by Gasteiger charge is -2.19. The summed E-state index contributed by atoms with van der Waals surface area (Å²) in [4.78, 5) is 14.4. The molecule has 6 heteroatoms. The zero-order valence-corrected chi connectivity index (χ0v) is 11.5. The maximum absolute atomic E-state index is 12.1. The van der Waals surface area contributed by atoms with Crippen molar-refractivity contribution in [1.82, 2.24) is 10.2 Å². The van der Waals surface area contributed by atoms with E-state index in [1.165, 1.54) is 6.42 Å². The summed E-state index contributed by atoms with van der Waals surface area (Å²) in [5, 5.41) is 14.5.